The summed E-state index contributed by atoms with van der Waals surface area (Å²) in [5.41, 5.74) is 0.230. The number of aromatic nitrogens is 2. The molecule has 5 heteroatoms. The summed E-state index contributed by atoms with van der Waals surface area (Å²) in [6, 6.07) is 9.73. The molecule has 0 aliphatic rings. The Hall–Kier alpha value is -2.43. The highest BCUT2D eigenvalue weighted by atomic mass is 16.6. The number of benzene rings is 1. The molecule has 116 valence electrons. The lowest BCUT2D eigenvalue weighted by molar-refractivity contribution is -0.132. The van der Waals surface area contributed by atoms with E-state index in [1.165, 1.54) is 13.1 Å². The van der Waals surface area contributed by atoms with Crippen molar-refractivity contribution in [2.45, 2.75) is 39.3 Å². The van der Waals surface area contributed by atoms with Gasteiger partial charge in [0.25, 0.3) is 0 Å². The summed E-state index contributed by atoms with van der Waals surface area (Å²) in [5.74, 6) is -0.761. The molecule has 0 aliphatic carbocycles. The molecule has 1 aromatic carbocycles. The number of esters is 1. The first kappa shape index (κ1) is 15.9. The Balaban J connectivity index is 2.26. The van der Waals surface area contributed by atoms with Crippen LogP contribution in [0, 0.1) is 0 Å². The molecule has 0 fully saturated rings. The summed E-state index contributed by atoms with van der Waals surface area (Å²) >= 11 is 0. The van der Waals surface area contributed by atoms with Gasteiger partial charge in [0.2, 0.25) is 0 Å². The van der Waals surface area contributed by atoms with Crippen molar-refractivity contribution in [3.05, 3.63) is 54.1 Å². The predicted molar refractivity (Wildman–Crippen MR) is 82.7 cm³/mol. The maximum atomic E-state index is 12.3. The van der Waals surface area contributed by atoms with Crippen LogP contribution in [-0.4, -0.2) is 26.9 Å². The van der Waals surface area contributed by atoms with Crippen molar-refractivity contribution in [3.8, 4) is 0 Å². The largest absolute Gasteiger partial charge is 0.447 e. The van der Waals surface area contributed by atoms with Crippen LogP contribution in [0.15, 0.2) is 42.9 Å². The van der Waals surface area contributed by atoms with Crippen LogP contribution in [0.5, 0.6) is 0 Å². The van der Waals surface area contributed by atoms with E-state index in [0.717, 1.165) is 5.56 Å². The molecule has 5 nitrogen and oxygen atoms in total. The molecule has 0 aliphatic heterocycles. The lowest BCUT2D eigenvalue weighted by Gasteiger charge is -2.23. The number of hydrogen-bond donors (Lipinski definition) is 0. The molecule has 2 aromatic rings. The van der Waals surface area contributed by atoms with Gasteiger partial charge in [-0.2, -0.15) is 0 Å². The smallest absolute Gasteiger partial charge is 0.357 e. The fraction of sp³-hybridized carbons (Fsp3) is 0.353. The predicted octanol–water partition coefficient (Wildman–Crippen LogP) is 3.02. The van der Waals surface area contributed by atoms with Crippen molar-refractivity contribution in [2.75, 3.05) is 0 Å². The molecule has 1 heterocycles. The molecule has 0 amide bonds. The molecule has 0 radical (unpaired) electrons. The minimum absolute atomic E-state index is 0.0632. The number of carbonyl (C=O) groups excluding carboxylic acids is 2. The fourth-order valence-corrected chi connectivity index (χ4v) is 2.02. The van der Waals surface area contributed by atoms with Crippen LogP contribution >= 0.6 is 0 Å². The summed E-state index contributed by atoms with van der Waals surface area (Å²) in [5, 5.41) is 0. The topological polar surface area (TPSA) is 61.2 Å². The summed E-state index contributed by atoms with van der Waals surface area (Å²) in [6.45, 7) is 6.53. The molecule has 0 saturated carbocycles. The average molecular weight is 300 g/mol. The third-order valence-electron chi connectivity index (χ3n) is 3.77. The van der Waals surface area contributed by atoms with Gasteiger partial charge < -0.3 is 9.30 Å². The van der Waals surface area contributed by atoms with E-state index >= 15 is 0 Å². The van der Waals surface area contributed by atoms with E-state index in [2.05, 4.69) is 4.98 Å². The highest BCUT2D eigenvalue weighted by Gasteiger charge is 2.30. The molecule has 0 unspecified atom stereocenters. The van der Waals surface area contributed by atoms with Crippen molar-refractivity contribution in [1.82, 2.24) is 9.55 Å². The molecule has 0 bridgehead atoms. The van der Waals surface area contributed by atoms with Crippen LogP contribution in [0.1, 0.15) is 49.8 Å². The van der Waals surface area contributed by atoms with Crippen LogP contribution in [-0.2, 0) is 9.53 Å². The Morgan fingerprint density at radius 3 is 2.45 bits per heavy atom. The maximum absolute atomic E-state index is 12.3. The van der Waals surface area contributed by atoms with E-state index in [4.69, 9.17) is 4.74 Å². The van der Waals surface area contributed by atoms with Crippen molar-refractivity contribution in [3.63, 3.8) is 0 Å². The molecule has 1 aromatic heterocycles. The quantitative estimate of drug-likeness (QED) is 0.796. The second-order valence-electron chi connectivity index (χ2n) is 5.73. The van der Waals surface area contributed by atoms with Crippen molar-refractivity contribution in [2.24, 2.45) is 0 Å². The van der Waals surface area contributed by atoms with Crippen LogP contribution in [0.4, 0.5) is 0 Å². The van der Waals surface area contributed by atoms with Crippen molar-refractivity contribution in [1.29, 1.82) is 0 Å². The SMILES string of the molecule is CC(=O)C(C)(C)OC(=O)c1cncn1[C@H](C)c1ccccc1. The molecule has 0 N–H and O–H groups in total. The molecule has 0 spiro atoms. The number of ether oxygens (including phenoxy) is 1. The van der Waals surface area contributed by atoms with Gasteiger partial charge in [0.05, 0.1) is 18.6 Å². The number of Topliss-reactive ketones (excluding diaryl/α,β-unsaturated/α-hetero) is 1. The van der Waals surface area contributed by atoms with Gasteiger partial charge in [-0.25, -0.2) is 9.78 Å². The normalized spacial score (nSPS) is 12.7. The highest BCUT2D eigenvalue weighted by molar-refractivity contribution is 5.92. The third-order valence-corrected chi connectivity index (χ3v) is 3.77. The zero-order valence-electron chi connectivity index (χ0n) is 13.2. The minimum atomic E-state index is -1.15. The fourth-order valence-electron chi connectivity index (χ4n) is 2.02. The van der Waals surface area contributed by atoms with Crippen molar-refractivity contribution >= 4 is 11.8 Å². The van der Waals surface area contributed by atoms with Crippen LogP contribution in [0.25, 0.3) is 0 Å². The standard InChI is InChI=1S/C17H20N2O3/c1-12(14-8-6-5-7-9-14)19-11-18-10-15(19)16(21)22-17(3,4)13(2)20/h5-12H,1-4H3/t12-/m1/s1. The van der Waals surface area contributed by atoms with Gasteiger partial charge >= 0.3 is 5.97 Å². The Kier molecular flexibility index (Phi) is 4.45. The lowest BCUT2D eigenvalue weighted by atomic mass is 10.1. The number of nitrogens with zero attached hydrogens (tertiary/aromatic N) is 2. The molecule has 22 heavy (non-hydrogen) atoms. The third kappa shape index (κ3) is 3.24. The molecular weight excluding hydrogens is 280 g/mol. The van der Waals surface area contributed by atoms with Gasteiger partial charge in [0.15, 0.2) is 11.4 Å². The number of carbonyl (C=O) groups is 2. The maximum Gasteiger partial charge on any atom is 0.357 e. The number of rotatable bonds is 5. The van der Waals surface area contributed by atoms with E-state index in [0.29, 0.717) is 5.69 Å². The van der Waals surface area contributed by atoms with E-state index < -0.39 is 11.6 Å². The second kappa shape index (κ2) is 6.13. The number of ketones is 1. The monoisotopic (exact) mass is 300 g/mol. The Labute approximate surface area is 129 Å². The van der Waals surface area contributed by atoms with Gasteiger partial charge in [0.1, 0.15) is 5.69 Å². The van der Waals surface area contributed by atoms with E-state index in [-0.39, 0.29) is 11.8 Å². The van der Waals surface area contributed by atoms with Gasteiger partial charge in [-0.3, -0.25) is 4.79 Å². The zero-order valence-corrected chi connectivity index (χ0v) is 13.2. The first-order valence-electron chi connectivity index (χ1n) is 7.14. The average Bonchev–Trinajstić information content (AvgIpc) is 2.96. The summed E-state index contributed by atoms with van der Waals surface area (Å²) in [6.07, 6.45) is 3.05. The van der Waals surface area contributed by atoms with E-state index in [1.54, 1.807) is 24.7 Å². The number of hydrogen-bond acceptors (Lipinski definition) is 4. The molecule has 1 atom stereocenters. The number of imidazole rings is 1. The van der Waals surface area contributed by atoms with Crippen LogP contribution in [0.2, 0.25) is 0 Å². The highest BCUT2D eigenvalue weighted by Crippen LogP contribution is 2.21. The second-order valence-corrected chi connectivity index (χ2v) is 5.73. The summed E-state index contributed by atoms with van der Waals surface area (Å²) in [7, 11) is 0. The summed E-state index contributed by atoms with van der Waals surface area (Å²) in [4.78, 5) is 27.9. The van der Waals surface area contributed by atoms with E-state index in [9.17, 15) is 9.59 Å². The van der Waals surface area contributed by atoms with Crippen molar-refractivity contribution < 1.29 is 14.3 Å². The first-order valence-corrected chi connectivity index (χ1v) is 7.14. The molecule has 2 rings (SSSR count). The minimum Gasteiger partial charge on any atom is -0.447 e. The Bertz CT molecular complexity index is 674. The first-order chi connectivity index (χ1) is 10.3. The van der Waals surface area contributed by atoms with Crippen LogP contribution in [0.3, 0.4) is 0 Å². The summed E-state index contributed by atoms with van der Waals surface area (Å²) < 4.78 is 7.06. The van der Waals surface area contributed by atoms with Gasteiger partial charge in [-0.15, -0.1) is 0 Å². The van der Waals surface area contributed by atoms with Gasteiger partial charge in [-0.1, -0.05) is 30.3 Å². The van der Waals surface area contributed by atoms with Gasteiger partial charge in [-0.05, 0) is 33.3 Å². The van der Waals surface area contributed by atoms with E-state index in [1.807, 2.05) is 37.3 Å². The lowest BCUT2D eigenvalue weighted by Crippen LogP contribution is -2.36. The zero-order chi connectivity index (χ0) is 16.3. The Morgan fingerprint density at radius 2 is 1.86 bits per heavy atom. The molecular formula is C17H20N2O3. The Morgan fingerprint density at radius 1 is 1.23 bits per heavy atom. The molecule has 0 saturated heterocycles. The van der Waals surface area contributed by atoms with Gasteiger partial charge in [0, 0.05) is 0 Å². The van der Waals surface area contributed by atoms with Crippen LogP contribution < -0.4 is 0 Å².